The van der Waals surface area contributed by atoms with Crippen LogP contribution in [0.3, 0.4) is 0 Å². The van der Waals surface area contributed by atoms with Crippen molar-refractivity contribution in [3.63, 3.8) is 0 Å². The molecule has 35 heavy (non-hydrogen) atoms. The quantitative estimate of drug-likeness (QED) is 0.343. The highest BCUT2D eigenvalue weighted by atomic mass is 32.1. The summed E-state index contributed by atoms with van der Waals surface area (Å²) < 4.78 is 7.80. The summed E-state index contributed by atoms with van der Waals surface area (Å²) in [4.78, 5) is 18.7. The predicted molar refractivity (Wildman–Crippen MR) is 140 cm³/mol. The number of nitrogens with zero attached hydrogens (tertiary/aromatic N) is 3. The number of hydrogen-bond acceptors (Lipinski definition) is 4. The van der Waals surface area contributed by atoms with E-state index in [0.29, 0.717) is 18.1 Å². The zero-order valence-electron chi connectivity index (χ0n) is 19.6. The Morgan fingerprint density at radius 3 is 2.77 bits per heavy atom. The number of benzene rings is 1. The van der Waals surface area contributed by atoms with E-state index in [2.05, 4.69) is 43.4 Å². The van der Waals surface area contributed by atoms with Crippen LogP contribution in [0.2, 0.25) is 0 Å². The topological polar surface area (TPSA) is 75.3 Å². The maximum Gasteiger partial charge on any atom is 0.224 e. The third-order valence-corrected chi connectivity index (χ3v) is 6.57. The van der Waals surface area contributed by atoms with E-state index in [0.717, 1.165) is 34.1 Å². The van der Waals surface area contributed by atoms with Gasteiger partial charge in [-0.1, -0.05) is 13.0 Å². The van der Waals surface area contributed by atoms with Crippen LogP contribution in [0.5, 0.6) is 0 Å². The monoisotopic (exact) mass is 485 g/mol. The number of pyridine rings is 1. The minimum absolute atomic E-state index is 0.0111. The van der Waals surface area contributed by atoms with Crippen LogP contribution < -0.4 is 15.5 Å². The molecule has 4 aromatic rings. The van der Waals surface area contributed by atoms with Crippen molar-refractivity contribution < 1.29 is 9.21 Å². The third-order valence-electron chi connectivity index (χ3n) is 6.26. The molecule has 7 nitrogen and oxygen atoms in total. The Bertz CT molecular complexity index is 1330. The van der Waals surface area contributed by atoms with Crippen molar-refractivity contribution in [1.82, 2.24) is 14.9 Å². The Morgan fingerprint density at radius 2 is 2.06 bits per heavy atom. The fraction of sp³-hybridized carbons (Fsp3) is 0.222. The van der Waals surface area contributed by atoms with Crippen molar-refractivity contribution >= 4 is 34.6 Å². The van der Waals surface area contributed by atoms with E-state index in [1.54, 1.807) is 12.5 Å². The summed E-state index contributed by atoms with van der Waals surface area (Å²) in [7, 11) is 0. The van der Waals surface area contributed by atoms with E-state index < -0.39 is 0 Å². The van der Waals surface area contributed by atoms with Gasteiger partial charge in [-0.05, 0) is 79.3 Å². The second-order valence-electron chi connectivity index (χ2n) is 8.54. The van der Waals surface area contributed by atoms with Crippen LogP contribution in [0.4, 0.5) is 11.4 Å². The van der Waals surface area contributed by atoms with E-state index in [-0.39, 0.29) is 18.0 Å². The van der Waals surface area contributed by atoms with Crippen molar-refractivity contribution in [2.75, 3.05) is 10.2 Å². The first-order chi connectivity index (χ1) is 17.0. The lowest BCUT2D eigenvalue weighted by Gasteiger charge is -2.29. The largest absolute Gasteiger partial charge is 0.467 e. The van der Waals surface area contributed by atoms with Crippen LogP contribution in [-0.2, 0) is 11.3 Å². The molecule has 1 fully saturated rings. The summed E-state index contributed by atoms with van der Waals surface area (Å²) in [6, 6.07) is 19.7. The number of thiocarbonyl (C=S) groups is 1. The molecular weight excluding hydrogens is 458 g/mol. The number of nitrogens with one attached hydrogen (secondary N) is 2. The van der Waals surface area contributed by atoms with Crippen molar-refractivity contribution in [2.24, 2.45) is 0 Å². The summed E-state index contributed by atoms with van der Waals surface area (Å²) in [5.74, 6) is 0.867. The Morgan fingerprint density at radius 1 is 1.17 bits per heavy atom. The zero-order chi connectivity index (χ0) is 24.4. The van der Waals surface area contributed by atoms with Gasteiger partial charge in [0.2, 0.25) is 5.91 Å². The molecule has 1 aliphatic heterocycles. The minimum Gasteiger partial charge on any atom is -0.467 e. The lowest BCUT2D eigenvalue weighted by atomic mass is 10.0. The number of aryl methyl sites for hydroxylation is 1. The first-order valence-electron chi connectivity index (χ1n) is 11.6. The number of amides is 1. The Balaban J connectivity index is 1.56. The molecule has 0 bridgehead atoms. The third kappa shape index (κ3) is 4.57. The zero-order valence-corrected chi connectivity index (χ0v) is 20.5. The first kappa shape index (κ1) is 22.9. The fourth-order valence-electron chi connectivity index (χ4n) is 4.52. The summed E-state index contributed by atoms with van der Waals surface area (Å²) in [5.41, 5.74) is 4.72. The minimum atomic E-state index is -0.145. The van der Waals surface area contributed by atoms with Crippen molar-refractivity contribution in [1.29, 1.82) is 0 Å². The Labute approximate surface area is 209 Å². The number of rotatable bonds is 7. The molecule has 0 radical (unpaired) electrons. The maximum atomic E-state index is 11.9. The molecule has 8 heteroatoms. The van der Waals surface area contributed by atoms with Gasteiger partial charge in [-0.2, -0.15) is 0 Å². The molecule has 2 atom stereocenters. The summed E-state index contributed by atoms with van der Waals surface area (Å²) in [5, 5.41) is 7.10. The van der Waals surface area contributed by atoms with Gasteiger partial charge in [0, 0.05) is 35.9 Å². The van der Waals surface area contributed by atoms with Gasteiger partial charge in [-0.25, -0.2) is 0 Å². The number of furan rings is 1. The molecule has 0 unspecified atom stereocenters. The molecule has 1 aromatic carbocycles. The van der Waals surface area contributed by atoms with Crippen LogP contribution in [0.1, 0.15) is 48.1 Å². The second kappa shape index (κ2) is 9.76. The van der Waals surface area contributed by atoms with Gasteiger partial charge in [0.15, 0.2) is 5.11 Å². The standard InChI is InChI=1S/C27H27N5O2S/c1-3-24(33)29-21-12-11-19(16-18(21)2)32-26(25(30-27(32)35)22-9-4-5-13-28-22)23-10-6-14-31(23)17-20-8-7-15-34-20/h4-16,25-26H,3,17H2,1-2H3,(H,29,33)(H,30,35)/t25-,26+/m1/s1. The lowest BCUT2D eigenvalue weighted by molar-refractivity contribution is -0.115. The van der Waals surface area contributed by atoms with Crippen molar-refractivity contribution in [2.45, 2.75) is 38.9 Å². The molecule has 5 rings (SSSR count). The molecule has 2 N–H and O–H groups in total. The van der Waals surface area contributed by atoms with Gasteiger partial charge in [-0.3, -0.25) is 9.78 Å². The lowest BCUT2D eigenvalue weighted by Crippen LogP contribution is -2.30. The number of anilines is 2. The SMILES string of the molecule is CCC(=O)Nc1ccc(N2C(=S)N[C@H](c3ccccn3)[C@@H]2c2cccn2Cc2ccco2)cc1C. The number of carbonyl (C=O) groups excluding carboxylic acids is 1. The average Bonchev–Trinajstić information content (AvgIpc) is 3.61. The molecule has 1 saturated heterocycles. The average molecular weight is 486 g/mol. The van der Waals surface area contributed by atoms with E-state index in [1.807, 2.05) is 62.4 Å². The normalized spacial score (nSPS) is 17.4. The van der Waals surface area contributed by atoms with Gasteiger partial charge in [0.05, 0.1) is 24.5 Å². The second-order valence-corrected chi connectivity index (χ2v) is 8.92. The van der Waals surface area contributed by atoms with Crippen molar-refractivity contribution in [3.05, 3.63) is 102 Å². The highest BCUT2D eigenvalue weighted by molar-refractivity contribution is 7.80. The molecule has 178 valence electrons. The highest BCUT2D eigenvalue weighted by Gasteiger charge is 2.42. The van der Waals surface area contributed by atoms with E-state index >= 15 is 0 Å². The van der Waals surface area contributed by atoms with Gasteiger partial charge >= 0.3 is 0 Å². The van der Waals surface area contributed by atoms with E-state index in [1.165, 1.54) is 0 Å². The molecule has 0 spiro atoms. The van der Waals surface area contributed by atoms with E-state index in [4.69, 9.17) is 16.6 Å². The molecule has 4 heterocycles. The van der Waals surface area contributed by atoms with Gasteiger partial charge in [-0.15, -0.1) is 0 Å². The van der Waals surface area contributed by atoms with Crippen LogP contribution in [0, 0.1) is 6.92 Å². The molecule has 0 saturated carbocycles. The maximum absolute atomic E-state index is 11.9. The van der Waals surface area contributed by atoms with Crippen LogP contribution in [0.15, 0.2) is 83.7 Å². The number of aromatic nitrogens is 2. The molecular formula is C27H27N5O2S. The molecule has 3 aromatic heterocycles. The van der Waals surface area contributed by atoms with Crippen LogP contribution in [-0.4, -0.2) is 20.6 Å². The smallest absolute Gasteiger partial charge is 0.224 e. The van der Waals surface area contributed by atoms with Gasteiger partial charge < -0.3 is 24.5 Å². The predicted octanol–water partition coefficient (Wildman–Crippen LogP) is 5.36. The highest BCUT2D eigenvalue weighted by Crippen LogP contribution is 2.42. The molecule has 0 aliphatic carbocycles. The van der Waals surface area contributed by atoms with Crippen LogP contribution >= 0.6 is 12.2 Å². The van der Waals surface area contributed by atoms with Gasteiger partial charge in [0.25, 0.3) is 0 Å². The number of carbonyl (C=O) groups is 1. The van der Waals surface area contributed by atoms with Crippen LogP contribution in [0.25, 0.3) is 0 Å². The van der Waals surface area contributed by atoms with E-state index in [9.17, 15) is 4.79 Å². The summed E-state index contributed by atoms with van der Waals surface area (Å²) in [6.45, 7) is 4.45. The molecule has 1 amide bonds. The molecule has 1 aliphatic rings. The summed E-state index contributed by atoms with van der Waals surface area (Å²) >= 11 is 5.86. The summed E-state index contributed by atoms with van der Waals surface area (Å²) in [6.07, 6.45) is 5.98. The fourth-order valence-corrected chi connectivity index (χ4v) is 4.87. The van der Waals surface area contributed by atoms with Crippen molar-refractivity contribution in [3.8, 4) is 0 Å². The Hall–Kier alpha value is -3.91. The number of hydrogen-bond donors (Lipinski definition) is 2. The van der Waals surface area contributed by atoms with Gasteiger partial charge in [0.1, 0.15) is 11.8 Å². The first-order valence-corrected chi connectivity index (χ1v) is 12.0. The Kier molecular flexibility index (Phi) is 6.37.